The van der Waals surface area contributed by atoms with Gasteiger partial charge in [0, 0.05) is 18.6 Å². The molecule has 108 valence electrons. The molecule has 1 heterocycles. The van der Waals surface area contributed by atoms with Gasteiger partial charge in [0.05, 0.1) is 6.61 Å². The van der Waals surface area contributed by atoms with Gasteiger partial charge in [-0.15, -0.1) is 0 Å². The molecule has 0 aromatic carbocycles. The fourth-order valence-corrected chi connectivity index (χ4v) is 2.60. The summed E-state index contributed by atoms with van der Waals surface area (Å²) >= 11 is 0. The van der Waals surface area contributed by atoms with E-state index < -0.39 is 0 Å². The molecule has 2 atom stereocenters. The first-order valence-corrected chi connectivity index (χ1v) is 7.40. The third-order valence-electron chi connectivity index (χ3n) is 3.91. The van der Waals surface area contributed by atoms with E-state index >= 15 is 0 Å². The van der Waals surface area contributed by atoms with Gasteiger partial charge in [-0.25, -0.2) is 0 Å². The molecule has 2 N–H and O–H groups in total. The van der Waals surface area contributed by atoms with Crippen molar-refractivity contribution in [2.24, 2.45) is 0 Å². The van der Waals surface area contributed by atoms with Crippen LogP contribution in [0.3, 0.4) is 0 Å². The smallest absolute Gasteiger partial charge is 0.0585 e. The molecule has 1 aliphatic rings. The monoisotopic (exact) mass is 257 g/mol. The molecule has 18 heavy (non-hydrogen) atoms. The van der Waals surface area contributed by atoms with Crippen LogP contribution in [0.5, 0.6) is 0 Å². The topological polar surface area (TPSA) is 38.7 Å². The lowest BCUT2D eigenvalue weighted by molar-refractivity contribution is 0.124. The Balaban J connectivity index is 2.24. The number of piperidine rings is 1. The second kappa shape index (κ2) is 8.86. The van der Waals surface area contributed by atoms with Crippen LogP contribution in [0.4, 0.5) is 0 Å². The highest BCUT2D eigenvalue weighted by Gasteiger charge is 2.21. The first-order valence-electron chi connectivity index (χ1n) is 7.40. The summed E-state index contributed by atoms with van der Waals surface area (Å²) in [6.45, 7) is 6.92. The van der Waals surface area contributed by atoms with E-state index in [4.69, 9.17) is 0 Å². The van der Waals surface area contributed by atoms with Crippen molar-refractivity contribution in [2.75, 3.05) is 46.9 Å². The van der Waals surface area contributed by atoms with Crippen molar-refractivity contribution in [3.8, 4) is 0 Å². The van der Waals surface area contributed by atoms with Crippen LogP contribution in [-0.2, 0) is 0 Å². The predicted octanol–water partition coefficient (Wildman–Crippen LogP) is 0.763. The molecule has 0 aromatic rings. The molecule has 0 spiro atoms. The number of likely N-dealkylation sites (tertiary alicyclic amines) is 1. The van der Waals surface area contributed by atoms with Gasteiger partial charge in [0.25, 0.3) is 0 Å². The van der Waals surface area contributed by atoms with Crippen molar-refractivity contribution < 1.29 is 5.11 Å². The average Bonchev–Trinajstić information content (AvgIpc) is 2.39. The molecular weight excluding hydrogens is 226 g/mol. The summed E-state index contributed by atoms with van der Waals surface area (Å²) in [5.41, 5.74) is 0. The number of hydrogen-bond acceptors (Lipinski definition) is 4. The zero-order chi connectivity index (χ0) is 13.4. The first-order chi connectivity index (χ1) is 8.67. The van der Waals surface area contributed by atoms with Crippen LogP contribution < -0.4 is 5.32 Å². The summed E-state index contributed by atoms with van der Waals surface area (Å²) in [5, 5.41) is 12.7. The lowest BCUT2D eigenvalue weighted by Gasteiger charge is -2.36. The fraction of sp³-hybridized carbons (Fsp3) is 1.00. The van der Waals surface area contributed by atoms with Crippen LogP contribution in [0.2, 0.25) is 0 Å². The molecule has 1 aliphatic heterocycles. The first kappa shape index (κ1) is 15.9. The molecule has 4 heteroatoms. The molecule has 0 aliphatic carbocycles. The van der Waals surface area contributed by atoms with Crippen molar-refractivity contribution in [2.45, 2.75) is 44.7 Å². The summed E-state index contributed by atoms with van der Waals surface area (Å²) in [4.78, 5) is 4.88. The van der Waals surface area contributed by atoms with Crippen LogP contribution in [-0.4, -0.2) is 73.9 Å². The average molecular weight is 257 g/mol. The van der Waals surface area contributed by atoms with Crippen molar-refractivity contribution in [1.82, 2.24) is 15.1 Å². The summed E-state index contributed by atoms with van der Waals surface area (Å²) < 4.78 is 0. The Morgan fingerprint density at radius 1 is 1.44 bits per heavy atom. The molecule has 0 bridgehead atoms. The van der Waals surface area contributed by atoms with Gasteiger partial charge in [-0.05, 0) is 59.4 Å². The van der Waals surface area contributed by atoms with Gasteiger partial charge in [0.1, 0.15) is 0 Å². The van der Waals surface area contributed by atoms with E-state index in [1.54, 1.807) is 0 Å². The van der Waals surface area contributed by atoms with Gasteiger partial charge in [0.2, 0.25) is 0 Å². The van der Waals surface area contributed by atoms with Crippen LogP contribution in [0.25, 0.3) is 0 Å². The van der Waals surface area contributed by atoms with Gasteiger partial charge >= 0.3 is 0 Å². The van der Waals surface area contributed by atoms with Crippen molar-refractivity contribution in [3.63, 3.8) is 0 Å². The highest BCUT2D eigenvalue weighted by Crippen LogP contribution is 2.14. The van der Waals surface area contributed by atoms with Crippen LogP contribution >= 0.6 is 0 Å². The van der Waals surface area contributed by atoms with Gasteiger partial charge in [0.15, 0.2) is 0 Å². The van der Waals surface area contributed by atoms with E-state index in [2.05, 4.69) is 36.1 Å². The van der Waals surface area contributed by atoms with Gasteiger partial charge in [-0.2, -0.15) is 0 Å². The van der Waals surface area contributed by atoms with Crippen LogP contribution in [0.15, 0.2) is 0 Å². The van der Waals surface area contributed by atoms with Gasteiger partial charge in [-0.1, -0.05) is 6.92 Å². The van der Waals surface area contributed by atoms with E-state index in [0.29, 0.717) is 6.04 Å². The minimum Gasteiger partial charge on any atom is -0.395 e. The number of nitrogens with zero attached hydrogens (tertiary/aromatic N) is 2. The Kier molecular flexibility index (Phi) is 7.82. The Bertz CT molecular complexity index is 211. The third-order valence-corrected chi connectivity index (χ3v) is 3.91. The maximum Gasteiger partial charge on any atom is 0.0585 e. The molecule has 0 amide bonds. The minimum atomic E-state index is 0.255. The molecule has 4 nitrogen and oxygen atoms in total. The molecule has 0 aromatic heterocycles. The number of rotatable bonds is 8. The Labute approximate surface area is 112 Å². The second-order valence-corrected chi connectivity index (χ2v) is 5.68. The van der Waals surface area contributed by atoms with Crippen LogP contribution in [0, 0.1) is 0 Å². The van der Waals surface area contributed by atoms with Crippen molar-refractivity contribution in [3.05, 3.63) is 0 Å². The standard InChI is InChI=1S/C14H31N3O/c1-4-8-15-13(12-18)7-10-17-9-5-6-14(11-17)16(2)3/h13-15,18H,4-12H2,1-3H3. The lowest BCUT2D eigenvalue weighted by atomic mass is 10.0. The van der Waals surface area contributed by atoms with Crippen LogP contribution in [0.1, 0.15) is 32.6 Å². The zero-order valence-corrected chi connectivity index (χ0v) is 12.4. The zero-order valence-electron chi connectivity index (χ0n) is 12.4. The normalized spacial score (nSPS) is 23.5. The van der Waals surface area contributed by atoms with Gasteiger partial charge in [-0.3, -0.25) is 0 Å². The summed E-state index contributed by atoms with van der Waals surface area (Å²) in [6.07, 6.45) is 4.80. The highest BCUT2D eigenvalue weighted by molar-refractivity contribution is 4.79. The summed E-state index contributed by atoms with van der Waals surface area (Å²) in [6, 6.07) is 0.972. The summed E-state index contributed by atoms with van der Waals surface area (Å²) in [7, 11) is 4.35. The number of likely N-dealkylation sites (N-methyl/N-ethyl adjacent to an activating group) is 1. The van der Waals surface area contributed by atoms with E-state index in [1.165, 1.54) is 25.9 Å². The van der Waals surface area contributed by atoms with E-state index in [0.717, 1.165) is 25.9 Å². The molecule has 1 fully saturated rings. The second-order valence-electron chi connectivity index (χ2n) is 5.68. The van der Waals surface area contributed by atoms with E-state index in [-0.39, 0.29) is 12.6 Å². The van der Waals surface area contributed by atoms with Crippen molar-refractivity contribution >= 4 is 0 Å². The Hall–Kier alpha value is -0.160. The number of nitrogens with one attached hydrogen (secondary N) is 1. The third kappa shape index (κ3) is 5.65. The SMILES string of the molecule is CCCNC(CO)CCN1CCCC(N(C)C)C1. The maximum atomic E-state index is 9.33. The van der Waals surface area contributed by atoms with E-state index in [9.17, 15) is 5.11 Å². The van der Waals surface area contributed by atoms with E-state index in [1.807, 2.05) is 0 Å². The fourth-order valence-electron chi connectivity index (χ4n) is 2.60. The molecular formula is C14H31N3O. The number of aliphatic hydroxyl groups is 1. The maximum absolute atomic E-state index is 9.33. The minimum absolute atomic E-state index is 0.255. The molecule has 0 saturated carbocycles. The Morgan fingerprint density at radius 2 is 2.22 bits per heavy atom. The predicted molar refractivity (Wildman–Crippen MR) is 76.9 cm³/mol. The summed E-state index contributed by atoms with van der Waals surface area (Å²) in [5.74, 6) is 0. The molecule has 2 unspecified atom stereocenters. The van der Waals surface area contributed by atoms with Crippen molar-refractivity contribution in [1.29, 1.82) is 0 Å². The van der Waals surface area contributed by atoms with Gasteiger partial charge < -0.3 is 20.2 Å². The largest absolute Gasteiger partial charge is 0.395 e. The number of aliphatic hydroxyl groups excluding tert-OH is 1. The Morgan fingerprint density at radius 3 is 2.83 bits per heavy atom. The lowest BCUT2D eigenvalue weighted by Crippen LogP contribution is -2.46. The number of hydrogen-bond donors (Lipinski definition) is 2. The highest BCUT2D eigenvalue weighted by atomic mass is 16.3. The molecule has 0 radical (unpaired) electrons. The molecule has 1 saturated heterocycles. The molecule has 1 rings (SSSR count). The quantitative estimate of drug-likeness (QED) is 0.673.